The van der Waals surface area contributed by atoms with Crippen molar-refractivity contribution in [1.29, 1.82) is 0 Å². The van der Waals surface area contributed by atoms with Gasteiger partial charge < -0.3 is 4.74 Å². The number of nitrogens with zero attached hydrogens (tertiary/aromatic N) is 3. The van der Waals surface area contributed by atoms with Gasteiger partial charge in [-0.2, -0.15) is 9.50 Å². The number of esters is 1. The second-order valence-electron chi connectivity index (χ2n) is 6.10. The minimum atomic E-state index is -0.355. The van der Waals surface area contributed by atoms with Crippen LogP contribution in [0.5, 0.6) is 5.75 Å². The molecule has 3 heterocycles. The van der Waals surface area contributed by atoms with Gasteiger partial charge in [0.05, 0.1) is 9.41 Å². The molecule has 0 aliphatic carbocycles. The molecule has 0 aliphatic heterocycles. The van der Waals surface area contributed by atoms with Crippen LogP contribution in [0.4, 0.5) is 0 Å². The SMILES string of the molecule is CC(=O)Oc1c(C)cc(C=c2sc3nc(-c4cccs4)nn3c2=O)cc1C. The number of ether oxygens (including phenoxy) is 1. The van der Waals surface area contributed by atoms with E-state index in [0.717, 1.165) is 21.6 Å². The monoisotopic (exact) mass is 397 g/mol. The van der Waals surface area contributed by atoms with E-state index in [1.54, 1.807) is 0 Å². The Kier molecular flexibility index (Phi) is 4.37. The van der Waals surface area contributed by atoms with Crippen molar-refractivity contribution in [2.75, 3.05) is 0 Å². The molecule has 0 atom stereocenters. The lowest BCUT2D eigenvalue weighted by Crippen LogP contribution is -2.23. The number of fused-ring (bicyclic) bond motifs is 1. The fraction of sp³-hybridized carbons (Fsp3) is 0.158. The first-order valence-electron chi connectivity index (χ1n) is 8.17. The number of benzene rings is 1. The maximum atomic E-state index is 12.7. The van der Waals surface area contributed by atoms with Gasteiger partial charge in [0.15, 0.2) is 5.82 Å². The molecule has 0 radical (unpaired) electrons. The molecule has 0 spiro atoms. The van der Waals surface area contributed by atoms with Crippen LogP contribution in [0.25, 0.3) is 21.7 Å². The van der Waals surface area contributed by atoms with Gasteiger partial charge in [0.2, 0.25) is 4.96 Å². The molecule has 0 saturated heterocycles. The Bertz CT molecular complexity index is 1250. The van der Waals surface area contributed by atoms with Crippen molar-refractivity contribution in [3.63, 3.8) is 0 Å². The summed E-state index contributed by atoms with van der Waals surface area (Å²) in [5.41, 5.74) is 2.34. The van der Waals surface area contributed by atoms with Gasteiger partial charge in [-0.25, -0.2) is 0 Å². The van der Waals surface area contributed by atoms with Crippen LogP contribution in [0.3, 0.4) is 0 Å². The summed E-state index contributed by atoms with van der Waals surface area (Å²) < 4.78 is 7.16. The molecule has 4 rings (SSSR count). The zero-order chi connectivity index (χ0) is 19.1. The van der Waals surface area contributed by atoms with Crippen molar-refractivity contribution in [2.24, 2.45) is 0 Å². The highest BCUT2D eigenvalue weighted by molar-refractivity contribution is 7.15. The minimum absolute atomic E-state index is 0.190. The molecule has 0 unspecified atom stereocenters. The predicted molar refractivity (Wildman–Crippen MR) is 106 cm³/mol. The predicted octanol–water partition coefficient (Wildman–Crippen LogP) is 2.97. The first-order chi connectivity index (χ1) is 12.9. The standard InChI is InChI=1S/C19H15N3O3S2/c1-10-7-13(8-11(2)16(10)25-12(3)23)9-15-18(24)22-19(27-15)20-17(21-22)14-5-4-6-26-14/h4-9H,1-3H3. The maximum absolute atomic E-state index is 12.7. The number of carbonyl (C=O) groups excluding carboxylic acids is 1. The third-order valence-electron chi connectivity index (χ3n) is 3.95. The molecule has 0 amide bonds. The van der Waals surface area contributed by atoms with E-state index < -0.39 is 0 Å². The number of aromatic nitrogens is 3. The molecule has 1 aromatic carbocycles. The lowest BCUT2D eigenvalue weighted by Gasteiger charge is -2.10. The molecule has 6 nitrogen and oxygen atoms in total. The normalized spacial score (nSPS) is 12.0. The summed E-state index contributed by atoms with van der Waals surface area (Å²) in [6, 6.07) is 7.63. The molecule has 136 valence electrons. The van der Waals surface area contributed by atoms with Crippen molar-refractivity contribution in [3.8, 4) is 16.5 Å². The molecule has 3 aromatic heterocycles. The largest absolute Gasteiger partial charge is 0.426 e. The van der Waals surface area contributed by atoms with E-state index in [-0.39, 0.29) is 11.5 Å². The van der Waals surface area contributed by atoms with Gasteiger partial charge >= 0.3 is 5.97 Å². The van der Waals surface area contributed by atoms with Gasteiger partial charge in [-0.1, -0.05) is 17.4 Å². The van der Waals surface area contributed by atoms with Crippen LogP contribution in [-0.2, 0) is 4.79 Å². The topological polar surface area (TPSA) is 73.6 Å². The van der Waals surface area contributed by atoms with Crippen LogP contribution >= 0.6 is 22.7 Å². The Morgan fingerprint density at radius 2 is 2.00 bits per heavy atom. The number of rotatable bonds is 3. The zero-order valence-electron chi connectivity index (χ0n) is 14.8. The van der Waals surface area contributed by atoms with Crippen LogP contribution in [0, 0.1) is 13.8 Å². The smallest absolute Gasteiger partial charge is 0.308 e. The number of aryl methyl sites for hydroxylation is 2. The molecule has 0 fully saturated rings. The first kappa shape index (κ1) is 17.6. The van der Waals surface area contributed by atoms with Gasteiger partial charge in [0.25, 0.3) is 5.56 Å². The molecule has 0 bridgehead atoms. The van der Waals surface area contributed by atoms with E-state index in [2.05, 4.69) is 10.1 Å². The molecular formula is C19H15N3O3S2. The summed E-state index contributed by atoms with van der Waals surface area (Å²) in [7, 11) is 0. The summed E-state index contributed by atoms with van der Waals surface area (Å²) >= 11 is 2.84. The Hall–Kier alpha value is -2.84. The van der Waals surface area contributed by atoms with Crippen LogP contribution in [0.2, 0.25) is 0 Å². The van der Waals surface area contributed by atoms with E-state index in [1.807, 2.05) is 49.6 Å². The molecule has 8 heteroatoms. The van der Waals surface area contributed by atoms with Crippen LogP contribution in [-0.4, -0.2) is 20.6 Å². The van der Waals surface area contributed by atoms with Gasteiger partial charge in [-0.15, -0.1) is 16.4 Å². The average molecular weight is 397 g/mol. The third kappa shape index (κ3) is 3.29. The summed E-state index contributed by atoms with van der Waals surface area (Å²) in [4.78, 5) is 29.9. The maximum Gasteiger partial charge on any atom is 0.308 e. The van der Waals surface area contributed by atoms with Crippen molar-refractivity contribution in [2.45, 2.75) is 20.8 Å². The van der Waals surface area contributed by atoms with Gasteiger partial charge in [0, 0.05) is 6.92 Å². The number of thiazole rings is 1. The average Bonchev–Trinajstić information content (AvgIpc) is 3.30. The second kappa shape index (κ2) is 6.71. The lowest BCUT2D eigenvalue weighted by atomic mass is 10.1. The Morgan fingerprint density at radius 3 is 2.59 bits per heavy atom. The molecule has 0 aliphatic rings. The molecular weight excluding hydrogens is 382 g/mol. The van der Waals surface area contributed by atoms with E-state index in [1.165, 1.54) is 34.1 Å². The summed E-state index contributed by atoms with van der Waals surface area (Å²) in [5, 5.41) is 6.29. The first-order valence-corrected chi connectivity index (χ1v) is 9.87. The second-order valence-corrected chi connectivity index (χ2v) is 8.06. The molecule has 4 aromatic rings. The fourth-order valence-corrected chi connectivity index (χ4v) is 4.43. The minimum Gasteiger partial charge on any atom is -0.426 e. The van der Waals surface area contributed by atoms with Gasteiger partial charge in [-0.3, -0.25) is 9.59 Å². The quantitative estimate of drug-likeness (QED) is 0.393. The highest BCUT2D eigenvalue weighted by atomic mass is 32.1. The number of hydrogen-bond acceptors (Lipinski definition) is 7. The number of thiophene rings is 1. The Labute approximate surface area is 162 Å². The van der Waals surface area contributed by atoms with Crippen LogP contribution in [0.15, 0.2) is 34.4 Å². The summed E-state index contributed by atoms with van der Waals surface area (Å²) in [6.07, 6.45) is 1.81. The van der Waals surface area contributed by atoms with Crippen LogP contribution < -0.4 is 14.8 Å². The van der Waals surface area contributed by atoms with Crippen LogP contribution in [0.1, 0.15) is 23.6 Å². The van der Waals surface area contributed by atoms with E-state index >= 15 is 0 Å². The number of hydrogen-bond donors (Lipinski definition) is 0. The van der Waals surface area contributed by atoms with Crippen molar-refractivity contribution in [1.82, 2.24) is 14.6 Å². The summed E-state index contributed by atoms with van der Waals surface area (Å²) in [5.74, 6) is 0.773. The molecule has 0 N–H and O–H groups in total. The lowest BCUT2D eigenvalue weighted by molar-refractivity contribution is -0.131. The highest BCUT2D eigenvalue weighted by Gasteiger charge is 2.13. The van der Waals surface area contributed by atoms with E-state index in [0.29, 0.717) is 21.1 Å². The molecule has 27 heavy (non-hydrogen) atoms. The number of carbonyl (C=O) groups is 1. The van der Waals surface area contributed by atoms with Gasteiger partial charge in [0.1, 0.15) is 5.75 Å². The van der Waals surface area contributed by atoms with E-state index in [4.69, 9.17) is 4.74 Å². The third-order valence-corrected chi connectivity index (χ3v) is 5.77. The Morgan fingerprint density at radius 1 is 1.26 bits per heavy atom. The van der Waals surface area contributed by atoms with Crippen molar-refractivity contribution < 1.29 is 9.53 Å². The molecule has 0 saturated carbocycles. The van der Waals surface area contributed by atoms with E-state index in [9.17, 15) is 9.59 Å². The van der Waals surface area contributed by atoms with Crippen molar-refractivity contribution >= 4 is 39.7 Å². The Balaban J connectivity index is 1.77. The fourth-order valence-electron chi connectivity index (χ4n) is 2.87. The zero-order valence-corrected chi connectivity index (χ0v) is 16.5. The van der Waals surface area contributed by atoms with Gasteiger partial charge in [-0.05, 0) is 60.2 Å². The highest BCUT2D eigenvalue weighted by Crippen LogP contribution is 2.25. The van der Waals surface area contributed by atoms with Crippen molar-refractivity contribution in [3.05, 3.63) is 61.2 Å². The summed E-state index contributed by atoms with van der Waals surface area (Å²) in [6.45, 7) is 5.12.